The lowest BCUT2D eigenvalue weighted by atomic mass is 10.0. The van der Waals surface area contributed by atoms with Crippen molar-refractivity contribution < 1.29 is 14.3 Å². The summed E-state index contributed by atoms with van der Waals surface area (Å²) >= 11 is 0. The summed E-state index contributed by atoms with van der Waals surface area (Å²) in [6.07, 6.45) is 1.75. The van der Waals surface area contributed by atoms with Crippen molar-refractivity contribution in [2.45, 2.75) is 27.7 Å². The van der Waals surface area contributed by atoms with Crippen LogP contribution in [-0.2, 0) is 14.3 Å². The highest BCUT2D eigenvalue weighted by Gasteiger charge is 2.34. The fourth-order valence-electron chi connectivity index (χ4n) is 3.07. The third kappa shape index (κ3) is 2.60. The van der Waals surface area contributed by atoms with E-state index in [-0.39, 0.29) is 0 Å². The molecule has 0 aliphatic carbocycles. The molecule has 1 aromatic heterocycles. The molecule has 0 bridgehead atoms. The predicted octanol–water partition coefficient (Wildman–Crippen LogP) is 3.90. The number of para-hydroxylation sites is 1. The molecule has 0 saturated carbocycles. The summed E-state index contributed by atoms with van der Waals surface area (Å²) in [6.45, 7) is 7.62. The molecule has 4 heteroatoms. The van der Waals surface area contributed by atoms with E-state index in [0.29, 0.717) is 11.1 Å². The third-order valence-corrected chi connectivity index (χ3v) is 4.16. The van der Waals surface area contributed by atoms with E-state index in [1.165, 1.54) is 0 Å². The number of ether oxygens (including phenoxy) is 1. The molecule has 2 heterocycles. The maximum atomic E-state index is 12.0. The van der Waals surface area contributed by atoms with Crippen LogP contribution in [0.1, 0.15) is 30.8 Å². The van der Waals surface area contributed by atoms with E-state index < -0.39 is 11.9 Å². The topological polar surface area (TPSA) is 48.3 Å². The Labute approximate surface area is 141 Å². The highest BCUT2D eigenvalue weighted by atomic mass is 16.6. The minimum absolute atomic E-state index is 0.327. The van der Waals surface area contributed by atoms with Crippen LogP contribution in [0.2, 0.25) is 0 Å². The molecule has 122 valence electrons. The zero-order chi connectivity index (χ0) is 17.4. The van der Waals surface area contributed by atoms with Crippen LogP contribution in [0.4, 0.5) is 0 Å². The van der Waals surface area contributed by atoms with Crippen LogP contribution in [0, 0.1) is 13.8 Å². The van der Waals surface area contributed by atoms with Gasteiger partial charge in [-0.1, -0.05) is 23.8 Å². The quantitative estimate of drug-likeness (QED) is 0.479. The minimum atomic E-state index is -0.583. The zero-order valence-electron chi connectivity index (χ0n) is 14.2. The second-order valence-electron chi connectivity index (χ2n) is 6.11. The van der Waals surface area contributed by atoms with Crippen LogP contribution in [0.5, 0.6) is 0 Å². The third-order valence-electron chi connectivity index (χ3n) is 4.16. The van der Waals surface area contributed by atoms with Gasteiger partial charge in [0.15, 0.2) is 0 Å². The fraction of sp³-hybridized carbons (Fsp3) is 0.200. The molecule has 0 N–H and O–H groups in total. The van der Waals surface area contributed by atoms with Crippen molar-refractivity contribution in [2.24, 2.45) is 0 Å². The zero-order valence-corrected chi connectivity index (χ0v) is 14.2. The number of hydrogen-bond acceptors (Lipinski definition) is 3. The molecule has 2 aromatic rings. The number of carbonyl (C=O) groups excluding carboxylic acids is 2. The van der Waals surface area contributed by atoms with Crippen LogP contribution in [-0.4, -0.2) is 16.5 Å². The number of carbonyl (C=O) groups is 2. The second kappa shape index (κ2) is 5.96. The summed E-state index contributed by atoms with van der Waals surface area (Å²) in [4.78, 5) is 23.9. The van der Waals surface area contributed by atoms with Gasteiger partial charge in [-0.2, -0.15) is 0 Å². The molecule has 0 radical (unpaired) electrons. The lowest BCUT2D eigenvalue weighted by Crippen LogP contribution is -1.99. The number of aromatic nitrogens is 1. The van der Waals surface area contributed by atoms with Crippen LogP contribution < -0.4 is 0 Å². The molecule has 1 fully saturated rings. The van der Waals surface area contributed by atoms with Crippen LogP contribution in [0.15, 0.2) is 53.1 Å². The standard InChI is InChI=1S/C20H19NO3/c1-12(2)18-17(19(22)24-20(18)23)11-15-10-13(3)21(14(15)4)16-8-6-5-7-9-16/h5-11H,1-4H3/b17-11-. The van der Waals surface area contributed by atoms with Gasteiger partial charge in [0.2, 0.25) is 0 Å². The van der Waals surface area contributed by atoms with Gasteiger partial charge in [0, 0.05) is 17.1 Å². The first-order chi connectivity index (χ1) is 11.4. The Morgan fingerprint density at radius 1 is 1.04 bits per heavy atom. The average molecular weight is 321 g/mol. The Bertz CT molecular complexity index is 894. The van der Waals surface area contributed by atoms with E-state index in [0.717, 1.165) is 28.2 Å². The summed E-state index contributed by atoms with van der Waals surface area (Å²) < 4.78 is 6.89. The van der Waals surface area contributed by atoms with E-state index in [1.807, 2.05) is 50.2 Å². The van der Waals surface area contributed by atoms with Crippen molar-refractivity contribution in [2.75, 3.05) is 0 Å². The van der Waals surface area contributed by atoms with Gasteiger partial charge in [-0.15, -0.1) is 0 Å². The number of nitrogens with zero attached hydrogens (tertiary/aromatic N) is 1. The van der Waals surface area contributed by atoms with Crippen molar-refractivity contribution in [1.82, 2.24) is 4.57 Å². The minimum Gasteiger partial charge on any atom is -0.386 e. The summed E-state index contributed by atoms with van der Waals surface area (Å²) in [5, 5.41) is 0. The van der Waals surface area contributed by atoms with Gasteiger partial charge in [-0.05, 0) is 57.5 Å². The van der Waals surface area contributed by atoms with Gasteiger partial charge >= 0.3 is 11.9 Å². The number of rotatable bonds is 2. The summed E-state index contributed by atoms with van der Waals surface area (Å²) in [5.74, 6) is -1.15. The van der Waals surface area contributed by atoms with Crippen molar-refractivity contribution in [1.29, 1.82) is 0 Å². The summed E-state index contributed by atoms with van der Waals surface area (Å²) in [6, 6.07) is 12.0. The average Bonchev–Trinajstić information content (AvgIpc) is 2.96. The van der Waals surface area contributed by atoms with Gasteiger partial charge < -0.3 is 9.30 Å². The molecule has 3 rings (SSSR count). The molecular formula is C20H19NO3. The SMILES string of the molecule is CC(C)=C1C(=O)OC(=O)/C1=C\c1cc(C)n(-c2ccccc2)c1C. The molecule has 1 aliphatic rings. The van der Waals surface area contributed by atoms with Crippen molar-refractivity contribution in [3.05, 3.63) is 70.1 Å². The molecule has 4 nitrogen and oxygen atoms in total. The first kappa shape index (κ1) is 16.0. The van der Waals surface area contributed by atoms with Crippen molar-refractivity contribution in [3.63, 3.8) is 0 Å². The van der Waals surface area contributed by atoms with Gasteiger partial charge in [0.25, 0.3) is 0 Å². The lowest BCUT2D eigenvalue weighted by Gasteiger charge is -2.09. The molecule has 0 amide bonds. The molecule has 1 aromatic carbocycles. The second-order valence-corrected chi connectivity index (χ2v) is 6.11. The van der Waals surface area contributed by atoms with Crippen molar-refractivity contribution >= 4 is 18.0 Å². The highest BCUT2D eigenvalue weighted by Crippen LogP contribution is 2.29. The molecule has 1 aliphatic heterocycles. The Morgan fingerprint density at radius 3 is 2.33 bits per heavy atom. The first-order valence-corrected chi connectivity index (χ1v) is 7.80. The number of allylic oxidation sites excluding steroid dienone is 1. The maximum Gasteiger partial charge on any atom is 0.346 e. The molecule has 0 atom stereocenters. The Morgan fingerprint density at radius 2 is 1.71 bits per heavy atom. The Balaban J connectivity index is 2.14. The van der Waals surface area contributed by atoms with Gasteiger partial charge in [-0.3, -0.25) is 0 Å². The van der Waals surface area contributed by atoms with E-state index in [1.54, 1.807) is 19.9 Å². The smallest absolute Gasteiger partial charge is 0.346 e. The number of hydrogen-bond donors (Lipinski definition) is 0. The van der Waals surface area contributed by atoms with Crippen LogP contribution in [0.25, 0.3) is 11.8 Å². The molecule has 0 unspecified atom stereocenters. The van der Waals surface area contributed by atoms with E-state index in [2.05, 4.69) is 4.57 Å². The summed E-state index contributed by atoms with van der Waals surface area (Å²) in [7, 11) is 0. The normalized spacial score (nSPS) is 16.0. The van der Waals surface area contributed by atoms with E-state index >= 15 is 0 Å². The van der Waals surface area contributed by atoms with Crippen molar-refractivity contribution in [3.8, 4) is 5.69 Å². The lowest BCUT2D eigenvalue weighted by molar-refractivity contribution is -0.149. The van der Waals surface area contributed by atoms with Gasteiger partial charge in [0.1, 0.15) is 0 Å². The van der Waals surface area contributed by atoms with E-state index in [4.69, 9.17) is 4.74 Å². The largest absolute Gasteiger partial charge is 0.386 e. The van der Waals surface area contributed by atoms with Gasteiger partial charge in [-0.25, -0.2) is 9.59 Å². The predicted molar refractivity (Wildman–Crippen MR) is 92.7 cm³/mol. The fourth-order valence-corrected chi connectivity index (χ4v) is 3.07. The van der Waals surface area contributed by atoms with E-state index in [9.17, 15) is 9.59 Å². The Hall–Kier alpha value is -2.88. The van der Waals surface area contributed by atoms with Gasteiger partial charge in [0.05, 0.1) is 11.1 Å². The summed E-state index contributed by atoms with van der Waals surface area (Å²) in [5.41, 5.74) is 5.49. The first-order valence-electron chi connectivity index (χ1n) is 7.80. The highest BCUT2D eigenvalue weighted by molar-refractivity contribution is 6.20. The van der Waals surface area contributed by atoms with Crippen LogP contribution >= 0.6 is 0 Å². The Kier molecular flexibility index (Phi) is 3.97. The molecular weight excluding hydrogens is 302 g/mol. The molecule has 24 heavy (non-hydrogen) atoms. The molecule has 0 spiro atoms. The monoisotopic (exact) mass is 321 g/mol. The number of benzene rings is 1. The number of esters is 2. The molecule has 1 saturated heterocycles. The maximum absolute atomic E-state index is 12.0. The number of aryl methyl sites for hydroxylation is 1. The van der Waals surface area contributed by atoms with Crippen LogP contribution in [0.3, 0.4) is 0 Å². The number of cyclic esters (lactones) is 2.